The summed E-state index contributed by atoms with van der Waals surface area (Å²) in [7, 11) is 0. The molecule has 0 bridgehead atoms. The standard InChI is InChI=1S/C14H14BrNO2/c15-11-3-1-10-6-12(4-2-9(10)5-11)16-13-7-18-8-14(13)17/h1-6,13-14,16-17H,7-8H2. The van der Waals surface area contributed by atoms with E-state index in [4.69, 9.17) is 4.74 Å². The van der Waals surface area contributed by atoms with Crippen LogP contribution in [0.5, 0.6) is 0 Å². The van der Waals surface area contributed by atoms with Gasteiger partial charge in [-0.15, -0.1) is 0 Å². The van der Waals surface area contributed by atoms with Crippen LogP contribution in [-0.4, -0.2) is 30.5 Å². The number of ether oxygens (including phenoxy) is 1. The molecule has 0 aliphatic carbocycles. The minimum atomic E-state index is -0.425. The van der Waals surface area contributed by atoms with E-state index in [-0.39, 0.29) is 6.04 Å². The molecule has 1 saturated heterocycles. The van der Waals surface area contributed by atoms with Crippen molar-refractivity contribution in [2.45, 2.75) is 12.1 Å². The molecule has 2 atom stereocenters. The summed E-state index contributed by atoms with van der Waals surface area (Å²) in [6, 6.07) is 12.4. The zero-order chi connectivity index (χ0) is 12.5. The minimum absolute atomic E-state index is 0.0158. The van der Waals surface area contributed by atoms with Gasteiger partial charge in [-0.1, -0.05) is 28.1 Å². The molecule has 3 nitrogen and oxygen atoms in total. The summed E-state index contributed by atoms with van der Waals surface area (Å²) < 4.78 is 6.31. The monoisotopic (exact) mass is 307 g/mol. The molecular weight excluding hydrogens is 294 g/mol. The lowest BCUT2D eigenvalue weighted by molar-refractivity contribution is 0.125. The van der Waals surface area contributed by atoms with Crippen molar-refractivity contribution in [2.24, 2.45) is 0 Å². The molecule has 2 unspecified atom stereocenters. The Hall–Kier alpha value is -1.10. The number of rotatable bonds is 2. The third-order valence-corrected chi connectivity index (χ3v) is 3.70. The van der Waals surface area contributed by atoms with Crippen LogP contribution in [0.2, 0.25) is 0 Å². The molecule has 0 aromatic heterocycles. The van der Waals surface area contributed by atoms with Crippen molar-refractivity contribution in [1.29, 1.82) is 0 Å². The molecule has 1 aliphatic rings. The topological polar surface area (TPSA) is 41.5 Å². The highest BCUT2D eigenvalue weighted by Crippen LogP contribution is 2.24. The van der Waals surface area contributed by atoms with Crippen LogP contribution in [0.3, 0.4) is 0 Å². The van der Waals surface area contributed by atoms with Crippen molar-refractivity contribution in [3.8, 4) is 0 Å². The quantitative estimate of drug-likeness (QED) is 0.896. The second kappa shape index (κ2) is 4.88. The van der Waals surface area contributed by atoms with E-state index in [1.165, 1.54) is 10.8 Å². The summed E-state index contributed by atoms with van der Waals surface area (Å²) in [6.45, 7) is 0.970. The van der Waals surface area contributed by atoms with Crippen LogP contribution in [-0.2, 0) is 4.74 Å². The lowest BCUT2D eigenvalue weighted by atomic mass is 10.1. The summed E-state index contributed by atoms with van der Waals surface area (Å²) >= 11 is 3.46. The Morgan fingerprint density at radius 2 is 1.89 bits per heavy atom. The largest absolute Gasteiger partial charge is 0.388 e. The predicted molar refractivity (Wildman–Crippen MR) is 75.9 cm³/mol. The van der Waals surface area contributed by atoms with Gasteiger partial charge in [-0.3, -0.25) is 0 Å². The van der Waals surface area contributed by atoms with Gasteiger partial charge in [0.05, 0.1) is 25.4 Å². The fraction of sp³-hybridized carbons (Fsp3) is 0.286. The second-order valence-electron chi connectivity index (χ2n) is 4.56. The molecule has 94 valence electrons. The fourth-order valence-corrected chi connectivity index (χ4v) is 2.58. The van der Waals surface area contributed by atoms with Gasteiger partial charge >= 0.3 is 0 Å². The van der Waals surface area contributed by atoms with E-state index in [1.54, 1.807) is 0 Å². The molecule has 0 radical (unpaired) electrons. The molecule has 2 aromatic rings. The zero-order valence-electron chi connectivity index (χ0n) is 9.77. The lowest BCUT2D eigenvalue weighted by Crippen LogP contribution is -2.31. The number of aliphatic hydroxyl groups excluding tert-OH is 1. The minimum Gasteiger partial charge on any atom is -0.388 e. The summed E-state index contributed by atoms with van der Waals surface area (Å²) in [5.41, 5.74) is 1.01. The van der Waals surface area contributed by atoms with E-state index in [2.05, 4.69) is 45.5 Å². The molecular formula is C14H14BrNO2. The molecule has 2 aromatic carbocycles. The number of aliphatic hydroxyl groups is 1. The average molecular weight is 308 g/mol. The van der Waals surface area contributed by atoms with Gasteiger partial charge in [-0.25, -0.2) is 0 Å². The molecule has 18 heavy (non-hydrogen) atoms. The Kier molecular flexibility index (Phi) is 3.24. The first-order valence-corrected chi connectivity index (χ1v) is 6.73. The van der Waals surface area contributed by atoms with Crippen LogP contribution in [0.1, 0.15) is 0 Å². The van der Waals surface area contributed by atoms with Gasteiger partial charge in [-0.2, -0.15) is 0 Å². The Bertz CT molecular complexity index is 573. The highest BCUT2D eigenvalue weighted by Gasteiger charge is 2.25. The van der Waals surface area contributed by atoms with Gasteiger partial charge in [0.1, 0.15) is 0 Å². The van der Waals surface area contributed by atoms with E-state index in [0.717, 1.165) is 10.2 Å². The molecule has 1 heterocycles. The van der Waals surface area contributed by atoms with Gasteiger partial charge in [0.25, 0.3) is 0 Å². The maximum absolute atomic E-state index is 9.71. The van der Waals surface area contributed by atoms with Crippen LogP contribution >= 0.6 is 15.9 Å². The fourth-order valence-electron chi connectivity index (χ4n) is 2.20. The number of anilines is 1. The highest BCUT2D eigenvalue weighted by molar-refractivity contribution is 9.10. The van der Waals surface area contributed by atoms with Crippen LogP contribution < -0.4 is 5.32 Å². The maximum atomic E-state index is 9.71. The van der Waals surface area contributed by atoms with Crippen molar-refractivity contribution in [3.63, 3.8) is 0 Å². The molecule has 4 heteroatoms. The normalized spacial score (nSPS) is 23.4. The van der Waals surface area contributed by atoms with Crippen LogP contribution in [0.25, 0.3) is 10.8 Å². The molecule has 2 N–H and O–H groups in total. The summed E-state index contributed by atoms with van der Waals surface area (Å²) in [5, 5.41) is 15.4. The van der Waals surface area contributed by atoms with E-state index < -0.39 is 6.10 Å². The van der Waals surface area contributed by atoms with Gasteiger partial charge in [0.15, 0.2) is 0 Å². The molecule has 0 spiro atoms. The Morgan fingerprint density at radius 1 is 1.11 bits per heavy atom. The molecule has 3 rings (SSSR count). The van der Waals surface area contributed by atoms with E-state index >= 15 is 0 Å². The van der Waals surface area contributed by atoms with Gasteiger partial charge < -0.3 is 15.2 Å². The number of halogens is 1. The SMILES string of the molecule is OC1COCC1Nc1ccc2cc(Br)ccc2c1. The van der Waals surface area contributed by atoms with Crippen LogP contribution in [0.15, 0.2) is 40.9 Å². The van der Waals surface area contributed by atoms with E-state index in [0.29, 0.717) is 13.2 Å². The summed E-state index contributed by atoms with van der Waals surface area (Å²) in [4.78, 5) is 0. The molecule has 1 fully saturated rings. The number of nitrogens with one attached hydrogen (secondary N) is 1. The van der Waals surface area contributed by atoms with Gasteiger partial charge in [-0.05, 0) is 35.0 Å². The van der Waals surface area contributed by atoms with E-state index in [9.17, 15) is 5.11 Å². The number of benzene rings is 2. The highest BCUT2D eigenvalue weighted by atomic mass is 79.9. The van der Waals surface area contributed by atoms with Crippen molar-refractivity contribution in [2.75, 3.05) is 18.5 Å². The Morgan fingerprint density at radius 3 is 2.67 bits per heavy atom. The van der Waals surface area contributed by atoms with Crippen molar-refractivity contribution < 1.29 is 9.84 Å². The zero-order valence-corrected chi connectivity index (χ0v) is 11.4. The third kappa shape index (κ3) is 2.36. The Labute approximate surface area is 114 Å². The Balaban J connectivity index is 1.86. The average Bonchev–Trinajstić information content (AvgIpc) is 2.75. The first-order valence-electron chi connectivity index (χ1n) is 5.94. The summed E-state index contributed by atoms with van der Waals surface area (Å²) in [5.74, 6) is 0. The first-order chi connectivity index (χ1) is 8.72. The van der Waals surface area contributed by atoms with Crippen LogP contribution in [0, 0.1) is 0 Å². The first kappa shape index (κ1) is 12.0. The smallest absolute Gasteiger partial charge is 0.0996 e. The van der Waals surface area contributed by atoms with Crippen molar-refractivity contribution >= 4 is 32.4 Å². The van der Waals surface area contributed by atoms with Crippen LogP contribution in [0.4, 0.5) is 5.69 Å². The van der Waals surface area contributed by atoms with E-state index in [1.807, 2.05) is 12.1 Å². The predicted octanol–water partition coefficient (Wildman–Crippen LogP) is 2.77. The van der Waals surface area contributed by atoms with Crippen molar-refractivity contribution in [1.82, 2.24) is 0 Å². The number of fused-ring (bicyclic) bond motifs is 1. The molecule has 0 amide bonds. The van der Waals surface area contributed by atoms with Gasteiger partial charge in [0, 0.05) is 10.2 Å². The third-order valence-electron chi connectivity index (χ3n) is 3.20. The summed E-state index contributed by atoms with van der Waals surface area (Å²) in [6.07, 6.45) is -0.425. The molecule has 0 saturated carbocycles. The van der Waals surface area contributed by atoms with Crippen molar-refractivity contribution in [3.05, 3.63) is 40.9 Å². The maximum Gasteiger partial charge on any atom is 0.0996 e. The second-order valence-corrected chi connectivity index (χ2v) is 5.48. The molecule has 1 aliphatic heterocycles. The number of hydrogen-bond donors (Lipinski definition) is 2. The van der Waals surface area contributed by atoms with Gasteiger partial charge in [0.2, 0.25) is 0 Å². The number of hydrogen-bond acceptors (Lipinski definition) is 3. The lowest BCUT2D eigenvalue weighted by Gasteiger charge is -2.16.